The van der Waals surface area contributed by atoms with E-state index in [0.717, 1.165) is 267 Å². The molecule has 4 saturated carbocycles. The number of Topliss-reactive ketones (excluding diaryl/α,β-unsaturated/α-hetero) is 4. The number of amides is 1. The molecular weight excluding hydrogens is 1880 g/mol. The molecule has 0 atom stereocenters. The number of aryl methyl sites for hydroxylation is 5. The van der Waals surface area contributed by atoms with Crippen LogP contribution in [0.4, 0.5) is 64.1 Å². The summed E-state index contributed by atoms with van der Waals surface area (Å²) in [7, 11) is 1.91. The third-order valence-corrected chi connectivity index (χ3v) is 31.5. The number of carbonyl (C=O) groups is 5. The molecule has 8 fully saturated rings. The van der Waals surface area contributed by atoms with E-state index in [1.807, 2.05) is 61.2 Å². The second kappa shape index (κ2) is 41.9. The fourth-order valence-electron chi connectivity index (χ4n) is 23.1. The van der Waals surface area contributed by atoms with E-state index >= 15 is 0 Å². The molecule has 41 heteroatoms. The maximum Gasteiger partial charge on any atom is 0.263 e. The highest BCUT2D eigenvalue weighted by molar-refractivity contribution is 7.18. The molecule has 4 saturated heterocycles. The number of piperazine rings is 4. The Morgan fingerprint density at radius 1 is 0.388 bits per heavy atom. The van der Waals surface area contributed by atoms with Crippen molar-refractivity contribution in [1.29, 1.82) is 0 Å². The molecule has 19 heterocycles. The summed E-state index contributed by atoms with van der Waals surface area (Å²) < 4.78 is 9.85. The highest BCUT2D eigenvalue weighted by Crippen LogP contribution is 2.43. The molecule has 15 aromatic heterocycles. The summed E-state index contributed by atoms with van der Waals surface area (Å²) >= 11 is 1.63. The Hall–Kier alpha value is -14.9. The number of nitrogens with one attached hydrogen (secondary N) is 9. The van der Waals surface area contributed by atoms with Gasteiger partial charge in [-0.2, -0.15) is 19.9 Å². The molecular formula is C106H121N31O9S. The Kier molecular flexibility index (Phi) is 28.0. The van der Waals surface area contributed by atoms with Gasteiger partial charge in [-0.25, -0.2) is 44.9 Å². The van der Waals surface area contributed by atoms with E-state index in [1.54, 1.807) is 80.8 Å². The van der Waals surface area contributed by atoms with Crippen LogP contribution in [0.3, 0.4) is 0 Å². The summed E-state index contributed by atoms with van der Waals surface area (Å²) in [5.74, 6) is 2.95. The minimum absolute atomic E-state index is 0.00399. The van der Waals surface area contributed by atoms with Gasteiger partial charge in [-0.15, -0.1) is 11.3 Å². The Morgan fingerprint density at radius 2 is 0.748 bits per heavy atom. The Balaban J connectivity index is 0.000000115. The van der Waals surface area contributed by atoms with Crippen LogP contribution in [0, 0.1) is 27.7 Å². The number of carbonyl (C=O) groups excluding carboxylic acids is 5. The number of pyridine rings is 8. The number of H-pyrrole nitrogens is 1. The molecule has 760 valence electrons. The number of aromatic amines is 1. The summed E-state index contributed by atoms with van der Waals surface area (Å²) in [5, 5.41) is 33.4. The van der Waals surface area contributed by atoms with E-state index in [-0.39, 0.29) is 97.7 Å². The standard InChI is InChI=1S/C28H32N8O3.C27H31N7O2.C26H29N7O2S.C25H29N9O2/c1-16-20-14-31-28(33-25(20)36(18-6-4-5-7-18)27(39)22(16)17(2)37)32-24-19-8-11-34(3)23(19)21(15-30-24)26(38)35-12-9-29-10-13-35;1-16-21-14-30-27(32-25(21)34(18-6-3-4-7-18)26(36)23(16)17(2)35)31-24-20-9-5-8-19(20)22(15-29-24)33-12-10-28-11-13-33;1-15-19-13-29-26(31-24(19)33(17-5-3-4-6-17)25(35)21(15)16(2)34)30-23-22-18(7-12-36-22)20(14-28-23)32-10-8-27-9-11-32;1-14-17-11-28-25(32-23(17)34(16-5-3-4-6-16)24(36)19(14)15(2)35)31-22-21-20(29-13-30-21)18(12-27-22)33-9-7-26-8-10-33/h8,11,14-15,18,29H,4-7,9-10,12-13H2,1-3H3,(H,30,31,32,33);5,8,14-15,18,28H,3-4,6-7,9-13H2,1-2H3,(H,29,30,31,32);7,12-14,17,27H,3-6,8-11H2,1-2H3,(H,28,29,30,31);11-13,16,26H,3-10H2,1-2H3,(H,29,30)(H,27,28,31,32). The first-order chi connectivity index (χ1) is 71.4. The zero-order valence-electron chi connectivity index (χ0n) is 84.2. The Bertz CT molecular complexity index is 7820. The maximum atomic E-state index is 13.5. The monoisotopic (exact) mass is 2000 g/mol. The van der Waals surface area contributed by atoms with Crippen LogP contribution in [-0.2, 0) is 13.5 Å². The molecule has 147 heavy (non-hydrogen) atoms. The smallest absolute Gasteiger partial charge is 0.263 e. The van der Waals surface area contributed by atoms with Crippen LogP contribution in [0.5, 0.6) is 0 Å². The Morgan fingerprint density at radius 3 is 1.18 bits per heavy atom. The van der Waals surface area contributed by atoms with Crippen molar-refractivity contribution in [3.63, 3.8) is 0 Å². The lowest BCUT2D eigenvalue weighted by atomic mass is 10.0. The molecule has 40 nitrogen and oxygen atoms in total. The van der Waals surface area contributed by atoms with Crippen LogP contribution < -0.4 is 79.5 Å². The normalized spacial score (nSPS) is 16.9. The number of aromatic nitrogens is 19. The zero-order valence-corrected chi connectivity index (χ0v) is 85.0. The topological polar surface area (TPSA) is 471 Å². The number of hydrogen-bond donors (Lipinski definition) is 9. The number of imidazole rings is 1. The minimum Gasteiger partial charge on any atom is -0.367 e. The average molecular weight is 2010 g/mol. The van der Waals surface area contributed by atoms with Gasteiger partial charge in [0, 0.05) is 217 Å². The third kappa shape index (κ3) is 18.9. The molecule has 0 radical (unpaired) electrons. The molecule has 5 aliphatic carbocycles. The van der Waals surface area contributed by atoms with Gasteiger partial charge >= 0.3 is 0 Å². The van der Waals surface area contributed by atoms with Crippen molar-refractivity contribution in [3.8, 4) is 0 Å². The summed E-state index contributed by atoms with van der Waals surface area (Å²) in [4.78, 5) is 190. The number of anilines is 11. The van der Waals surface area contributed by atoms with Gasteiger partial charge in [0.25, 0.3) is 28.1 Å². The first kappa shape index (κ1) is 98.1. The van der Waals surface area contributed by atoms with Gasteiger partial charge in [0.1, 0.15) is 39.7 Å². The number of allylic oxidation sites excluding steroid dienone is 1. The first-order valence-corrected chi connectivity index (χ1v) is 52.3. The molecule has 24 rings (SSSR count). The third-order valence-electron chi connectivity index (χ3n) is 30.6. The maximum absolute atomic E-state index is 13.5. The second-order valence-electron chi connectivity index (χ2n) is 39.6. The fraction of sp³-hybridized carbons (Fsp3) is 0.434. The predicted octanol–water partition coefficient (Wildman–Crippen LogP) is 13.7. The van der Waals surface area contributed by atoms with Gasteiger partial charge in [0.2, 0.25) is 23.8 Å². The van der Waals surface area contributed by atoms with Crippen LogP contribution in [0.15, 0.2) is 105 Å². The summed E-state index contributed by atoms with van der Waals surface area (Å²) in [6.07, 6.45) is 38.4. The number of nitrogens with zero attached hydrogens (tertiary/aromatic N) is 22. The van der Waals surface area contributed by atoms with E-state index in [0.29, 0.717) is 121 Å². The van der Waals surface area contributed by atoms with Crippen LogP contribution in [0.1, 0.15) is 240 Å². The summed E-state index contributed by atoms with van der Waals surface area (Å²) in [6, 6.07) is 4.16. The van der Waals surface area contributed by atoms with Crippen LogP contribution in [0.2, 0.25) is 0 Å². The molecule has 1 amide bonds. The van der Waals surface area contributed by atoms with Crippen molar-refractivity contribution < 1.29 is 24.0 Å². The highest BCUT2D eigenvalue weighted by Gasteiger charge is 2.35. The molecule has 0 bridgehead atoms. The van der Waals surface area contributed by atoms with E-state index in [4.69, 9.17) is 29.9 Å². The quantitative estimate of drug-likeness (QED) is 0.0320. The molecule has 9 aliphatic rings. The van der Waals surface area contributed by atoms with Gasteiger partial charge < -0.3 is 71.7 Å². The van der Waals surface area contributed by atoms with Gasteiger partial charge in [-0.1, -0.05) is 63.5 Å². The summed E-state index contributed by atoms with van der Waals surface area (Å²) in [5.41, 5.74) is 13.2. The Labute approximate surface area is 849 Å². The molecule has 0 aromatic carbocycles. The van der Waals surface area contributed by atoms with Gasteiger partial charge in [0.05, 0.1) is 85.5 Å². The minimum atomic E-state index is -0.289. The van der Waals surface area contributed by atoms with Crippen molar-refractivity contribution in [2.45, 2.75) is 189 Å². The largest absolute Gasteiger partial charge is 0.367 e. The fourth-order valence-corrected chi connectivity index (χ4v) is 24.0. The second-order valence-corrected chi connectivity index (χ2v) is 40.5. The lowest BCUT2D eigenvalue weighted by Crippen LogP contribution is -2.46. The number of fused-ring (bicyclic) bond motifs is 8. The van der Waals surface area contributed by atoms with Crippen molar-refractivity contribution in [3.05, 3.63) is 188 Å². The van der Waals surface area contributed by atoms with Crippen LogP contribution in [0.25, 0.3) is 82.2 Å². The van der Waals surface area contributed by atoms with E-state index in [1.165, 1.54) is 33.3 Å². The lowest BCUT2D eigenvalue weighted by Gasteiger charge is -2.31. The van der Waals surface area contributed by atoms with E-state index < -0.39 is 0 Å². The molecule has 9 N–H and O–H groups in total. The van der Waals surface area contributed by atoms with Crippen molar-refractivity contribution >= 4 is 187 Å². The first-order valence-electron chi connectivity index (χ1n) is 51.4. The van der Waals surface area contributed by atoms with E-state index in [2.05, 4.69) is 121 Å². The highest BCUT2D eigenvalue weighted by atomic mass is 32.1. The van der Waals surface area contributed by atoms with Crippen molar-refractivity contribution in [2.24, 2.45) is 7.05 Å². The molecule has 0 unspecified atom stereocenters. The van der Waals surface area contributed by atoms with E-state index in [9.17, 15) is 43.2 Å². The SMILES string of the molecule is CC(=O)c1c(C)c2cnc(Nc3ncc(C(=O)N4CCNCC4)c4c3ccn4C)nc2n(C2CCCC2)c1=O.CC(=O)c1c(C)c2cnc(Nc3ncc(N4CCNCC4)c4[nH]cnc34)nc2n(C2CCCC2)c1=O.CC(=O)c1c(C)c2cnc(Nc3ncc(N4CCNCC4)c4c3CC=C4)nc2n(C2CCCC2)c1=O.CC(=O)c1c(C)c2cnc(Nc3ncc(N4CCNCC4)c4ccsc34)nc2n(C2CCCC2)c1=O. The number of ketones is 4. The molecule has 0 spiro atoms. The molecule has 15 aromatic rings. The molecule has 4 aliphatic heterocycles. The average Bonchev–Trinajstić information content (AvgIpc) is 1.71. The number of thiophene rings is 1. The lowest BCUT2D eigenvalue weighted by molar-refractivity contribution is 0.0736. The zero-order chi connectivity index (χ0) is 102. The predicted molar refractivity (Wildman–Crippen MR) is 573 cm³/mol. The number of rotatable bonds is 20. The van der Waals surface area contributed by atoms with Gasteiger partial charge in [-0.3, -0.25) is 61.4 Å². The van der Waals surface area contributed by atoms with Gasteiger partial charge in [0.15, 0.2) is 34.8 Å². The van der Waals surface area contributed by atoms with Crippen molar-refractivity contribution in [1.82, 2.24) is 119 Å². The summed E-state index contributed by atoms with van der Waals surface area (Å²) in [6.45, 7) is 27.2. The van der Waals surface area contributed by atoms with Crippen molar-refractivity contribution in [2.75, 3.05) is 141 Å². The van der Waals surface area contributed by atoms with Crippen LogP contribution in [-0.4, -0.2) is 231 Å². The number of hydrogen-bond acceptors (Lipinski definition) is 34. The van der Waals surface area contributed by atoms with Gasteiger partial charge in [-0.05, 0) is 153 Å². The van der Waals surface area contributed by atoms with Crippen LogP contribution >= 0.6 is 11.3 Å².